The van der Waals surface area contributed by atoms with Crippen molar-refractivity contribution in [3.8, 4) is 0 Å². The van der Waals surface area contributed by atoms with Gasteiger partial charge in [-0.3, -0.25) is 0 Å². The minimum atomic E-state index is -1.83. The molecule has 5 heteroatoms. The molecule has 1 atom stereocenters. The van der Waals surface area contributed by atoms with Crippen molar-refractivity contribution in [3.05, 3.63) is 71.3 Å². The normalized spacial score (nSPS) is 10.9. The van der Waals surface area contributed by atoms with Crippen LogP contribution in [0.2, 0.25) is 0 Å². The van der Waals surface area contributed by atoms with Crippen LogP contribution >= 0.6 is 0 Å². The zero-order valence-corrected chi connectivity index (χ0v) is 13.8. The van der Waals surface area contributed by atoms with Crippen molar-refractivity contribution in [2.75, 3.05) is 0 Å². The van der Waals surface area contributed by atoms with Crippen LogP contribution in [0.3, 0.4) is 0 Å². The lowest BCUT2D eigenvalue weighted by molar-refractivity contribution is 0.0336. The molecular weight excluding hydrogens is 308 g/mol. The Morgan fingerprint density at radius 1 is 1.00 bits per heavy atom. The second kappa shape index (κ2) is 10.0. The van der Waals surface area contributed by atoms with Gasteiger partial charge in [0.2, 0.25) is 0 Å². The second-order valence-electron chi connectivity index (χ2n) is 5.15. The number of hydrogen-bond donors (Lipinski definition) is 2. The van der Waals surface area contributed by atoms with E-state index in [1.54, 1.807) is 0 Å². The summed E-state index contributed by atoms with van der Waals surface area (Å²) in [7, 11) is 0. The van der Waals surface area contributed by atoms with Gasteiger partial charge in [-0.2, -0.15) is 0 Å². The molecule has 0 aliphatic rings. The van der Waals surface area contributed by atoms with Gasteiger partial charge in [-0.1, -0.05) is 61.9 Å². The Bertz CT molecular complexity index is 648. The van der Waals surface area contributed by atoms with Gasteiger partial charge in [0.1, 0.15) is 6.10 Å². The Balaban J connectivity index is 0.000000648. The summed E-state index contributed by atoms with van der Waals surface area (Å²) in [5, 5.41) is 13.9. The molecule has 2 N–H and O–H groups in total. The number of aryl methyl sites for hydroxylation is 1. The lowest BCUT2D eigenvalue weighted by atomic mass is 10.0. The fourth-order valence-corrected chi connectivity index (χ4v) is 2.22. The summed E-state index contributed by atoms with van der Waals surface area (Å²) in [5.74, 6) is -0.245. The fraction of sp³-hybridized carbons (Fsp3) is 0.263. The Morgan fingerprint density at radius 3 is 2.12 bits per heavy atom. The zero-order chi connectivity index (χ0) is 17.9. The number of carbonyl (C=O) groups is 2. The number of carbonyl (C=O) groups excluding carboxylic acids is 1. The molecule has 0 aromatic heterocycles. The van der Waals surface area contributed by atoms with Crippen LogP contribution in [-0.2, 0) is 11.2 Å². The SMILES string of the molecule is CCCc1ccccc1C(=O)OC(C)c1ccccc1.O=C(O)O. The van der Waals surface area contributed by atoms with Crippen molar-refractivity contribution in [1.29, 1.82) is 0 Å². The lowest BCUT2D eigenvalue weighted by Crippen LogP contribution is -2.11. The van der Waals surface area contributed by atoms with Crippen molar-refractivity contribution in [2.24, 2.45) is 0 Å². The van der Waals surface area contributed by atoms with Crippen LogP contribution in [0.1, 0.15) is 47.9 Å². The van der Waals surface area contributed by atoms with Gasteiger partial charge in [0.05, 0.1) is 5.56 Å². The third-order valence-electron chi connectivity index (χ3n) is 3.31. The first-order chi connectivity index (χ1) is 11.5. The molecule has 0 radical (unpaired) electrons. The van der Waals surface area contributed by atoms with Crippen molar-refractivity contribution >= 4 is 12.1 Å². The van der Waals surface area contributed by atoms with Crippen LogP contribution < -0.4 is 0 Å². The molecular formula is C19H22O5. The van der Waals surface area contributed by atoms with E-state index in [1.807, 2.05) is 61.5 Å². The van der Waals surface area contributed by atoms with Crippen LogP contribution in [0.4, 0.5) is 4.79 Å². The van der Waals surface area contributed by atoms with Gasteiger partial charge in [0.15, 0.2) is 0 Å². The first-order valence-electron chi connectivity index (χ1n) is 7.71. The van der Waals surface area contributed by atoms with Crippen LogP contribution in [0.5, 0.6) is 0 Å². The summed E-state index contributed by atoms with van der Waals surface area (Å²) in [5.41, 5.74) is 2.74. The van der Waals surface area contributed by atoms with E-state index in [2.05, 4.69) is 6.92 Å². The second-order valence-corrected chi connectivity index (χ2v) is 5.15. The molecule has 2 aromatic rings. The summed E-state index contributed by atoms with van der Waals surface area (Å²) < 4.78 is 5.57. The molecule has 24 heavy (non-hydrogen) atoms. The molecule has 0 heterocycles. The van der Waals surface area contributed by atoms with E-state index in [0.29, 0.717) is 5.56 Å². The van der Waals surface area contributed by atoms with E-state index < -0.39 is 6.16 Å². The van der Waals surface area contributed by atoms with Crippen LogP contribution in [-0.4, -0.2) is 22.3 Å². The molecule has 0 aliphatic heterocycles. The van der Waals surface area contributed by atoms with Crippen molar-refractivity contribution < 1.29 is 24.5 Å². The maximum atomic E-state index is 12.3. The van der Waals surface area contributed by atoms with E-state index in [1.165, 1.54) is 0 Å². The third-order valence-corrected chi connectivity index (χ3v) is 3.31. The Kier molecular flexibility index (Phi) is 8.05. The Morgan fingerprint density at radius 2 is 1.54 bits per heavy atom. The van der Waals surface area contributed by atoms with Crippen molar-refractivity contribution in [3.63, 3.8) is 0 Å². The average Bonchev–Trinajstić information content (AvgIpc) is 2.56. The highest BCUT2D eigenvalue weighted by Gasteiger charge is 2.16. The van der Waals surface area contributed by atoms with Gasteiger partial charge in [-0.15, -0.1) is 0 Å². The van der Waals surface area contributed by atoms with Crippen LogP contribution in [0, 0.1) is 0 Å². The summed E-state index contributed by atoms with van der Waals surface area (Å²) in [4.78, 5) is 20.9. The van der Waals surface area contributed by atoms with E-state index >= 15 is 0 Å². The highest BCUT2D eigenvalue weighted by atomic mass is 16.6. The molecule has 0 bridgehead atoms. The summed E-state index contributed by atoms with van der Waals surface area (Å²) >= 11 is 0. The molecule has 0 spiro atoms. The number of esters is 1. The molecule has 2 rings (SSSR count). The van der Waals surface area contributed by atoms with E-state index in [0.717, 1.165) is 24.0 Å². The highest BCUT2D eigenvalue weighted by Crippen LogP contribution is 2.20. The van der Waals surface area contributed by atoms with E-state index in [-0.39, 0.29) is 12.1 Å². The maximum absolute atomic E-state index is 12.3. The van der Waals surface area contributed by atoms with Crippen molar-refractivity contribution in [1.82, 2.24) is 0 Å². The largest absolute Gasteiger partial charge is 0.503 e. The molecule has 5 nitrogen and oxygen atoms in total. The molecule has 128 valence electrons. The van der Waals surface area contributed by atoms with Crippen molar-refractivity contribution in [2.45, 2.75) is 32.8 Å². The monoisotopic (exact) mass is 330 g/mol. The predicted octanol–water partition coefficient (Wildman–Crippen LogP) is 4.78. The Hall–Kier alpha value is -2.82. The first kappa shape index (κ1) is 19.2. The standard InChI is InChI=1S/C18H20O2.CH2O3/c1-3-9-16-12-7-8-13-17(16)18(19)20-14(2)15-10-5-4-6-11-15;2-1(3)4/h4-8,10-14H,3,9H2,1-2H3;(H2,2,3,4). The Labute approximate surface area is 141 Å². The number of rotatable bonds is 5. The minimum absolute atomic E-state index is 0.238. The molecule has 0 amide bonds. The molecule has 0 fully saturated rings. The lowest BCUT2D eigenvalue weighted by Gasteiger charge is -2.15. The number of benzene rings is 2. The number of carboxylic acid groups (broad SMARTS) is 2. The third kappa shape index (κ3) is 6.52. The molecule has 0 saturated heterocycles. The molecule has 0 aliphatic carbocycles. The van der Waals surface area contributed by atoms with Gasteiger partial charge >= 0.3 is 12.1 Å². The fourth-order valence-electron chi connectivity index (χ4n) is 2.22. The smallest absolute Gasteiger partial charge is 0.454 e. The maximum Gasteiger partial charge on any atom is 0.503 e. The quantitative estimate of drug-likeness (QED) is 0.771. The molecule has 2 aromatic carbocycles. The topological polar surface area (TPSA) is 83.8 Å². The first-order valence-corrected chi connectivity index (χ1v) is 7.71. The minimum Gasteiger partial charge on any atom is -0.454 e. The average molecular weight is 330 g/mol. The van der Waals surface area contributed by atoms with E-state index in [4.69, 9.17) is 19.7 Å². The predicted molar refractivity (Wildman–Crippen MR) is 91.4 cm³/mol. The number of hydrogen-bond acceptors (Lipinski definition) is 3. The van der Waals surface area contributed by atoms with Gasteiger partial charge in [-0.05, 0) is 30.5 Å². The summed E-state index contributed by atoms with van der Waals surface area (Å²) in [6.45, 7) is 4.00. The molecule has 1 unspecified atom stereocenters. The van der Waals surface area contributed by atoms with Gasteiger partial charge < -0.3 is 14.9 Å². The summed E-state index contributed by atoms with van der Waals surface area (Å²) in [6.07, 6.45) is -0.165. The summed E-state index contributed by atoms with van der Waals surface area (Å²) in [6, 6.07) is 17.5. The van der Waals surface area contributed by atoms with Gasteiger partial charge in [0, 0.05) is 0 Å². The molecule has 0 saturated carbocycles. The van der Waals surface area contributed by atoms with E-state index in [9.17, 15) is 4.79 Å². The zero-order valence-electron chi connectivity index (χ0n) is 13.8. The highest BCUT2D eigenvalue weighted by molar-refractivity contribution is 5.91. The van der Waals surface area contributed by atoms with Gasteiger partial charge in [-0.25, -0.2) is 9.59 Å². The number of ether oxygens (including phenoxy) is 1. The van der Waals surface area contributed by atoms with Crippen LogP contribution in [0.15, 0.2) is 54.6 Å². The van der Waals surface area contributed by atoms with Crippen LogP contribution in [0.25, 0.3) is 0 Å². The van der Waals surface area contributed by atoms with Gasteiger partial charge in [0.25, 0.3) is 0 Å².